The van der Waals surface area contributed by atoms with Crippen LogP contribution in [0.15, 0.2) is 58.7 Å². The number of nitrogens with one attached hydrogen (secondary N) is 1. The van der Waals surface area contributed by atoms with Crippen LogP contribution in [0.5, 0.6) is 0 Å². The summed E-state index contributed by atoms with van der Waals surface area (Å²) in [6.45, 7) is 0. The van der Waals surface area contributed by atoms with Gasteiger partial charge < -0.3 is 10.4 Å². The van der Waals surface area contributed by atoms with Crippen molar-refractivity contribution in [2.24, 2.45) is 10.2 Å². The fraction of sp³-hybridized carbons (Fsp3) is 0.111. The zero-order valence-corrected chi connectivity index (χ0v) is 14.0. The van der Waals surface area contributed by atoms with E-state index in [4.69, 9.17) is 5.11 Å². The first-order valence-electron chi connectivity index (χ1n) is 7.55. The molecule has 2 aromatic rings. The number of carbonyl (C=O) groups excluding carboxylic acids is 1. The Morgan fingerprint density at radius 2 is 2.00 bits per heavy atom. The van der Waals surface area contributed by atoms with Crippen molar-refractivity contribution >= 4 is 35.0 Å². The molecule has 0 spiro atoms. The number of carboxylic acids is 1. The summed E-state index contributed by atoms with van der Waals surface area (Å²) in [6, 6.07) is 15.2. The predicted octanol–water partition coefficient (Wildman–Crippen LogP) is 2.53. The van der Waals surface area contributed by atoms with Gasteiger partial charge in [-0.15, -0.1) is 5.10 Å². The van der Waals surface area contributed by atoms with Gasteiger partial charge in [0.1, 0.15) is 0 Å². The van der Waals surface area contributed by atoms with Gasteiger partial charge in [0.25, 0.3) is 0 Å². The predicted molar refractivity (Wildman–Crippen MR) is 98.8 cm³/mol. The molecule has 1 heterocycles. The van der Waals surface area contributed by atoms with Crippen molar-refractivity contribution in [3.63, 3.8) is 0 Å². The summed E-state index contributed by atoms with van der Waals surface area (Å²) in [6.07, 6.45) is 1.62. The molecule has 2 N–H and O–H groups in total. The summed E-state index contributed by atoms with van der Waals surface area (Å²) >= 11 is 1.32. The molecule has 0 radical (unpaired) electrons. The topological polar surface area (TPSA) is 91.1 Å². The summed E-state index contributed by atoms with van der Waals surface area (Å²) in [5.41, 5.74) is 3.61. The molecule has 0 saturated carbocycles. The number of aliphatic carboxylic acids is 1. The number of hydrogen-bond acceptors (Lipinski definition) is 5. The van der Waals surface area contributed by atoms with Gasteiger partial charge in [0.2, 0.25) is 5.91 Å². The molecule has 0 aromatic heterocycles. The van der Waals surface area contributed by atoms with Crippen LogP contribution in [0.25, 0.3) is 11.1 Å². The van der Waals surface area contributed by atoms with Crippen molar-refractivity contribution in [2.75, 3.05) is 5.75 Å². The van der Waals surface area contributed by atoms with Crippen molar-refractivity contribution < 1.29 is 14.7 Å². The van der Waals surface area contributed by atoms with Crippen LogP contribution < -0.4 is 5.32 Å². The van der Waals surface area contributed by atoms with Gasteiger partial charge in [-0.3, -0.25) is 9.59 Å². The fourth-order valence-electron chi connectivity index (χ4n) is 2.32. The van der Waals surface area contributed by atoms with E-state index in [0.29, 0.717) is 10.9 Å². The fourth-order valence-corrected chi connectivity index (χ4v) is 2.96. The van der Waals surface area contributed by atoms with E-state index in [9.17, 15) is 9.59 Å². The van der Waals surface area contributed by atoms with Crippen molar-refractivity contribution in [3.05, 3.63) is 59.7 Å². The molecule has 3 rings (SSSR count). The monoisotopic (exact) mass is 353 g/mol. The molecule has 0 atom stereocenters. The Labute approximate surface area is 148 Å². The number of amidine groups is 1. The van der Waals surface area contributed by atoms with Crippen LogP contribution in [0.3, 0.4) is 0 Å². The maximum absolute atomic E-state index is 11.0. The zero-order chi connectivity index (χ0) is 17.6. The molecular weight excluding hydrogens is 338 g/mol. The van der Waals surface area contributed by atoms with Crippen molar-refractivity contribution in [1.29, 1.82) is 0 Å². The number of benzene rings is 2. The summed E-state index contributed by atoms with van der Waals surface area (Å²) in [7, 11) is 0. The highest BCUT2D eigenvalue weighted by Crippen LogP contribution is 2.21. The second-order valence-electron chi connectivity index (χ2n) is 5.38. The van der Waals surface area contributed by atoms with E-state index in [2.05, 4.69) is 15.5 Å². The number of carboxylic acid groups (broad SMARTS) is 1. The summed E-state index contributed by atoms with van der Waals surface area (Å²) in [4.78, 5) is 21.9. The van der Waals surface area contributed by atoms with E-state index in [1.54, 1.807) is 12.3 Å². The molecule has 1 aliphatic heterocycles. The van der Waals surface area contributed by atoms with Gasteiger partial charge >= 0.3 is 5.97 Å². The summed E-state index contributed by atoms with van der Waals surface area (Å²) in [5, 5.41) is 19.9. The second kappa shape index (κ2) is 7.76. The largest absolute Gasteiger partial charge is 0.481 e. The summed E-state index contributed by atoms with van der Waals surface area (Å²) < 4.78 is 0. The molecule has 126 valence electrons. The molecule has 0 bridgehead atoms. The third kappa shape index (κ3) is 4.77. The lowest BCUT2D eigenvalue weighted by atomic mass is 10.0. The molecule has 1 saturated heterocycles. The molecule has 1 aliphatic rings. The maximum Gasteiger partial charge on any atom is 0.307 e. The highest BCUT2D eigenvalue weighted by molar-refractivity contribution is 8.15. The smallest absolute Gasteiger partial charge is 0.307 e. The normalized spacial score (nSPS) is 15.7. The van der Waals surface area contributed by atoms with Gasteiger partial charge in [0.15, 0.2) is 5.17 Å². The zero-order valence-electron chi connectivity index (χ0n) is 13.2. The van der Waals surface area contributed by atoms with Crippen LogP contribution in [0.2, 0.25) is 0 Å². The Hall–Kier alpha value is -2.93. The number of thioether (sulfide) groups is 1. The average Bonchev–Trinajstić information content (AvgIpc) is 3.00. The molecule has 0 unspecified atom stereocenters. The minimum absolute atomic E-state index is 0.00741. The van der Waals surface area contributed by atoms with Crippen LogP contribution in [0.1, 0.15) is 11.1 Å². The van der Waals surface area contributed by atoms with Crippen LogP contribution in [-0.2, 0) is 16.0 Å². The first kappa shape index (κ1) is 16.9. The van der Waals surface area contributed by atoms with Crippen molar-refractivity contribution in [1.82, 2.24) is 5.32 Å². The lowest BCUT2D eigenvalue weighted by Gasteiger charge is -2.04. The van der Waals surface area contributed by atoms with Gasteiger partial charge in [-0.25, -0.2) is 0 Å². The third-order valence-corrected chi connectivity index (χ3v) is 4.33. The minimum Gasteiger partial charge on any atom is -0.481 e. The lowest BCUT2D eigenvalue weighted by molar-refractivity contribution is -0.136. The highest BCUT2D eigenvalue weighted by atomic mass is 32.2. The molecule has 6 nitrogen and oxygen atoms in total. The lowest BCUT2D eigenvalue weighted by Crippen LogP contribution is -2.19. The van der Waals surface area contributed by atoms with Crippen molar-refractivity contribution in [3.8, 4) is 11.1 Å². The minimum atomic E-state index is -0.845. The number of rotatable bonds is 5. The Kier molecular flexibility index (Phi) is 5.25. The Bertz CT molecular complexity index is 860. The van der Waals surface area contributed by atoms with Crippen LogP contribution in [0.4, 0.5) is 0 Å². The van der Waals surface area contributed by atoms with E-state index < -0.39 is 5.97 Å². The van der Waals surface area contributed by atoms with Gasteiger partial charge in [-0.1, -0.05) is 60.3 Å². The Morgan fingerprint density at radius 3 is 2.68 bits per heavy atom. The molecule has 25 heavy (non-hydrogen) atoms. The number of carbonyl (C=O) groups is 2. The molecular formula is C18H15N3O3S. The first-order valence-corrected chi connectivity index (χ1v) is 8.53. The van der Waals surface area contributed by atoms with Crippen LogP contribution in [0, 0.1) is 0 Å². The van der Waals surface area contributed by atoms with Crippen molar-refractivity contribution in [2.45, 2.75) is 6.42 Å². The molecule has 1 amide bonds. The van der Waals surface area contributed by atoms with Crippen LogP contribution >= 0.6 is 11.8 Å². The van der Waals surface area contributed by atoms with E-state index in [-0.39, 0.29) is 12.3 Å². The van der Waals surface area contributed by atoms with Gasteiger partial charge in [-0.05, 0) is 22.3 Å². The van der Waals surface area contributed by atoms with E-state index in [1.807, 2.05) is 42.5 Å². The molecule has 0 aliphatic carbocycles. The SMILES string of the molecule is O=C(O)Cc1cccc(-c2ccc(C=NN=C3NC(=O)CS3)cc2)c1. The van der Waals surface area contributed by atoms with Gasteiger partial charge in [0.05, 0.1) is 18.4 Å². The highest BCUT2D eigenvalue weighted by Gasteiger charge is 2.15. The molecule has 2 aromatic carbocycles. The molecule has 7 heteroatoms. The molecule has 1 fully saturated rings. The number of nitrogens with zero attached hydrogens (tertiary/aromatic N) is 2. The standard InChI is InChI=1S/C18H15N3O3S/c22-16-11-25-18(20-16)21-19-10-12-4-6-14(7-5-12)15-3-1-2-13(8-15)9-17(23)24/h1-8,10H,9,11H2,(H,23,24)(H,20,21,22). The first-order chi connectivity index (χ1) is 12.1. The average molecular weight is 353 g/mol. The number of hydrogen-bond donors (Lipinski definition) is 2. The van der Waals surface area contributed by atoms with Crippen LogP contribution in [-0.4, -0.2) is 34.1 Å². The third-order valence-electron chi connectivity index (χ3n) is 3.47. The van der Waals surface area contributed by atoms with E-state index in [1.165, 1.54) is 11.8 Å². The van der Waals surface area contributed by atoms with Gasteiger partial charge in [0, 0.05) is 0 Å². The quantitative estimate of drug-likeness (QED) is 0.638. The van der Waals surface area contributed by atoms with E-state index >= 15 is 0 Å². The van der Waals surface area contributed by atoms with E-state index in [0.717, 1.165) is 22.3 Å². The summed E-state index contributed by atoms with van der Waals surface area (Å²) in [5.74, 6) is -0.528. The maximum atomic E-state index is 11.0. The Balaban J connectivity index is 1.70. The number of amides is 1. The van der Waals surface area contributed by atoms with Gasteiger partial charge in [-0.2, -0.15) is 5.10 Å². The Morgan fingerprint density at radius 1 is 1.20 bits per heavy atom. The second-order valence-corrected chi connectivity index (χ2v) is 6.34.